The third-order valence-corrected chi connectivity index (χ3v) is 4.50. The molecule has 0 N–H and O–H groups in total. The second-order valence-corrected chi connectivity index (χ2v) is 7.73. The first-order chi connectivity index (χ1) is 12.0. The third kappa shape index (κ3) is 4.45. The van der Waals surface area contributed by atoms with Crippen LogP contribution in [-0.2, 0) is 9.47 Å². The predicted molar refractivity (Wildman–Crippen MR) is 99.7 cm³/mol. The zero-order valence-electron chi connectivity index (χ0n) is 16.8. The highest BCUT2D eigenvalue weighted by molar-refractivity contribution is 5.92. The van der Waals surface area contributed by atoms with Gasteiger partial charge in [0.25, 0.3) is 0 Å². The molecular formula is C19H29N3O4. The molecule has 1 fully saturated rings. The first-order valence-corrected chi connectivity index (χ1v) is 8.81. The highest BCUT2D eigenvalue weighted by Gasteiger charge is 2.32. The van der Waals surface area contributed by atoms with Gasteiger partial charge in [0.05, 0.1) is 18.4 Å². The maximum Gasteiger partial charge on any atom is 0.410 e. The molecule has 7 nitrogen and oxygen atoms in total. The van der Waals surface area contributed by atoms with E-state index in [9.17, 15) is 9.59 Å². The first kappa shape index (κ1) is 20.0. The van der Waals surface area contributed by atoms with E-state index >= 15 is 0 Å². The van der Waals surface area contributed by atoms with Gasteiger partial charge in [-0.15, -0.1) is 0 Å². The van der Waals surface area contributed by atoms with Crippen LogP contribution < -0.4 is 4.90 Å². The lowest BCUT2D eigenvalue weighted by molar-refractivity contribution is 0.0292. The van der Waals surface area contributed by atoms with Crippen molar-refractivity contribution in [3.63, 3.8) is 0 Å². The fourth-order valence-corrected chi connectivity index (χ4v) is 3.14. The molecule has 144 valence electrons. The number of aromatic nitrogens is 1. The Morgan fingerprint density at radius 1 is 1.31 bits per heavy atom. The summed E-state index contributed by atoms with van der Waals surface area (Å²) in [4.78, 5) is 32.5. The number of ether oxygens (including phenoxy) is 2. The summed E-state index contributed by atoms with van der Waals surface area (Å²) in [6, 6.07) is 2.04. The summed E-state index contributed by atoms with van der Waals surface area (Å²) < 4.78 is 10.3. The van der Waals surface area contributed by atoms with Crippen LogP contribution in [0, 0.1) is 13.8 Å². The number of nitrogens with zero attached hydrogens (tertiary/aromatic N) is 3. The van der Waals surface area contributed by atoms with Crippen LogP contribution >= 0.6 is 0 Å². The molecule has 0 bridgehead atoms. The lowest BCUT2D eigenvalue weighted by Gasteiger charge is -2.28. The summed E-state index contributed by atoms with van der Waals surface area (Å²) in [5.74, 6) is 0.405. The smallest absolute Gasteiger partial charge is 0.410 e. The van der Waals surface area contributed by atoms with Gasteiger partial charge in [-0.1, -0.05) is 0 Å². The second-order valence-electron chi connectivity index (χ2n) is 7.73. The van der Waals surface area contributed by atoms with E-state index in [1.165, 1.54) is 7.11 Å². The fraction of sp³-hybridized carbons (Fsp3) is 0.632. The van der Waals surface area contributed by atoms with Gasteiger partial charge in [-0.2, -0.15) is 0 Å². The monoisotopic (exact) mass is 363 g/mol. The molecule has 1 aliphatic rings. The number of hydrogen-bond acceptors (Lipinski definition) is 6. The van der Waals surface area contributed by atoms with Crippen molar-refractivity contribution in [1.82, 2.24) is 9.88 Å². The Morgan fingerprint density at radius 2 is 1.96 bits per heavy atom. The van der Waals surface area contributed by atoms with Crippen molar-refractivity contribution >= 4 is 17.9 Å². The number of amides is 1. The van der Waals surface area contributed by atoms with Crippen molar-refractivity contribution in [2.24, 2.45) is 0 Å². The van der Waals surface area contributed by atoms with E-state index in [-0.39, 0.29) is 18.1 Å². The molecule has 2 rings (SSSR count). The number of carbonyl (C=O) groups is 2. The Bertz CT molecular complexity index is 674. The summed E-state index contributed by atoms with van der Waals surface area (Å²) in [7, 11) is 3.33. The Kier molecular flexibility index (Phi) is 5.78. The zero-order chi connectivity index (χ0) is 19.6. The summed E-state index contributed by atoms with van der Waals surface area (Å²) in [5.41, 5.74) is 1.47. The highest BCUT2D eigenvalue weighted by Crippen LogP contribution is 2.25. The second kappa shape index (κ2) is 7.51. The van der Waals surface area contributed by atoms with Gasteiger partial charge in [0.2, 0.25) is 0 Å². The zero-order valence-corrected chi connectivity index (χ0v) is 16.8. The maximum atomic E-state index is 12.2. The molecule has 0 aromatic carbocycles. The fourth-order valence-electron chi connectivity index (χ4n) is 3.14. The molecule has 26 heavy (non-hydrogen) atoms. The largest absolute Gasteiger partial charge is 0.465 e. The van der Waals surface area contributed by atoms with Crippen molar-refractivity contribution in [1.29, 1.82) is 0 Å². The van der Waals surface area contributed by atoms with Gasteiger partial charge < -0.3 is 19.3 Å². The van der Waals surface area contributed by atoms with E-state index in [1.807, 2.05) is 40.8 Å². The Morgan fingerprint density at radius 3 is 2.50 bits per heavy atom. The van der Waals surface area contributed by atoms with Gasteiger partial charge in [0, 0.05) is 26.2 Å². The number of likely N-dealkylation sites (N-methyl/N-ethyl adjacent to an activating group) is 1. The number of aryl methyl sites for hydroxylation is 2. The van der Waals surface area contributed by atoms with Crippen molar-refractivity contribution in [2.75, 3.05) is 32.1 Å². The number of anilines is 1. The van der Waals surface area contributed by atoms with Crippen molar-refractivity contribution in [2.45, 2.75) is 52.7 Å². The average molecular weight is 363 g/mol. The van der Waals surface area contributed by atoms with E-state index in [4.69, 9.17) is 9.47 Å². The van der Waals surface area contributed by atoms with Crippen LogP contribution in [0.2, 0.25) is 0 Å². The number of methoxy groups -OCH3 is 1. The third-order valence-electron chi connectivity index (χ3n) is 4.50. The van der Waals surface area contributed by atoms with Gasteiger partial charge in [0.1, 0.15) is 11.4 Å². The number of pyridine rings is 1. The first-order valence-electron chi connectivity index (χ1n) is 8.81. The van der Waals surface area contributed by atoms with Crippen LogP contribution in [0.5, 0.6) is 0 Å². The van der Waals surface area contributed by atoms with Gasteiger partial charge in [-0.3, -0.25) is 0 Å². The Balaban J connectivity index is 2.12. The van der Waals surface area contributed by atoms with E-state index < -0.39 is 5.60 Å². The molecule has 0 aliphatic carbocycles. The normalized spacial score (nSPS) is 17.2. The number of rotatable bonds is 3. The van der Waals surface area contributed by atoms with Gasteiger partial charge >= 0.3 is 12.1 Å². The van der Waals surface area contributed by atoms with E-state index in [0.717, 1.165) is 17.8 Å². The summed E-state index contributed by atoms with van der Waals surface area (Å²) in [6.07, 6.45) is 0.559. The van der Waals surface area contributed by atoms with Crippen LogP contribution in [0.15, 0.2) is 6.07 Å². The summed E-state index contributed by atoms with van der Waals surface area (Å²) >= 11 is 0. The van der Waals surface area contributed by atoms with Gasteiger partial charge in [-0.25, -0.2) is 14.6 Å². The van der Waals surface area contributed by atoms with Gasteiger partial charge in [0.15, 0.2) is 0 Å². The Hall–Kier alpha value is -2.31. The van der Waals surface area contributed by atoms with Crippen molar-refractivity contribution in [3.8, 4) is 0 Å². The molecular weight excluding hydrogens is 334 g/mol. The molecule has 1 atom stereocenters. The van der Waals surface area contributed by atoms with Crippen LogP contribution in [-0.4, -0.2) is 60.8 Å². The van der Waals surface area contributed by atoms with Crippen molar-refractivity contribution in [3.05, 3.63) is 22.9 Å². The summed E-state index contributed by atoms with van der Waals surface area (Å²) in [6.45, 7) is 10.5. The Labute approximate surface area is 155 Å². The highest BCUT2D eigenvalue weighted by atomic mass is 16.6. The molecule has 7 heteroatoms. The van der Waals surface area contributed by atoms with Crippen LogP contribution in [0.1, 0.15) is 48.8 Å². The average Bonchev–Trinajstić information content (AvgIpc) is 3.01. The SMILES string of the molecule is COC(=O)c1c(C)cc(N(C)[C@H]2CCN(C(=O)OC(C)(C)C)C2)nc1C. The topological polar surface area (TPSA) is 72.0 Å². The van der Waals surface area contributed by atoms with Crippen molar-refractivity contribution < 1.29 is 19.1 Å². The number of esters is 1. The quantitative estimate of drug-likeness (QED) is 0.769. The number of carbonyl (C=O) groups excluding carboxylic acids is 2. The van der Waals surface area contributed by atoms with Crippen LogP contribution in [0.4, 0.5) is 10.6 Å². The van der Waals surface area contributed by atoms with Crippen LogP contribution in [0.3, 0.4) is 0 Å². The van der Waals surface area contributed by atoms with E-state index in [1.54, 1.807) is 11.8 Å². The molecule has 2 heterocycles. The number of likely N-dealkylation sites (tertiary alicyclic amines) is 1. The standard InChI is InChI=1S/C19H29N3O4/c1-12-10-15(20-13(2)16(12)17(23)25-7)21(6)14-8-9-22(11-14)18(24)26-19(3,4)5/h10,14H,8-9,11H2,1-7H3/t14-/m0/s1. The molecule has 0 unspecified atom stereocenters. The van der Waals surface area contributed by atoms with Gasteiger partial charge in [-0.05, 0) is 52.7 Å². The minimum absolute atomic E-state index is 0.151. The van der Waals surface area contributed by atoms with E-state index in [0.29, 0.717) is 24.3 Å². The molecule has 1 aromatic rings. The molecule has 1 aliphatic heterocycles. The molecule has 0 radical (unpaired) electrons. The summed E-state index contributed by atoms with van der Waals surface area (Å²) in [5, 5.41) is 0. The maximum absolute atomic E-state index is 12.2. The van der Waals surface area contributed by atoms with Crippen LogP contribution in [0.25, 0.3) is 0 Å². The molecule has 1 aromatic heterocycles. The lowest BCUT2D eigenvalue weighted by Crippen LogP contribution is -2.39. The minimum Gasteiger partial charge on any atom is -0.465 e. The molecule has 1 saturated heterocycles. The predicted octanol–water partition coefficient (Wildman–Crippen LogP) is 2.93. The molecule has 0 saturated carbocycles. The minimum atomic E-state index is -0.499. The lowest BCUT2D eigenvalue weighted by atomic mass is 10.1. The van der Waals surface area contributed by atoms with E-state index in [2.05, 4.69) is 9.88 Å². The number of hydrogen-bond donors (Lipinski definition) is 0. The molecule has 1 amide bonds. The molecule has 0 spiro atoms.